The van der Waals surface area contributed by atoms with Crippen LogP contribution in [-0.4, -0.2) is 20.0 Å². The molecule has 0 radical (unpaired) electrons. The van der Waals surface area contributed by atoms with Gasteiger partial charge < -0.3 is 0 Å². The molecule has 0 saturated heterocycles. The first kappa shape index (κ1) is 12.1. The summed E-state index contributed by atoms with van der Waals surface area (Å²) in [4.78, 5) is 0. The summed E-state index contributed by atoms with van der Waals surface area (Å²) in [5.74, 6) is 0.860. The van der Waals surface area contributed by atoms with Crippen LogP contribution >= 0.6 is 39.0 Å². The number of aromatic nitrogens is 4. The van der Waals surface area contributed by atoms with Gasteiger partial charge in [0.05, 0.1) is 15.9 Å². The minimum Gasteiger partial charge on any atom is -0.270 e. The van der Waals surface area contributed by atoms with Gasteiger partial charge in [0.15, 0.2) is 4.34 Å². The summed E-state index contributed by atoms with van der Waals surface area (Å²) < 4.78 is 4.04. The molecule has 2 heterocycles. The lowest BCUT2D eigenvalue weighted by molar-refractivity contribution is 0.719. The van der Waals surface area contributed by atoms with Crippen LogP contribution in [0.25, 0.3) is 0 Å². The van der Waals surface area contributed by atoms with Gasteiger partial charge in [-0.15, -0.1) is 10.2 Å². The predicted molar refractivity (Wildman–Crippen MR) is 69.8 cm³/mol. The Hall–Kier alpha value is -0.400. The minimum atomic E-state index is 0.860. The van der Waals surface area contributed by atoms with E-state index in [-0.39, 0.29) is 0 Å². The van der Waals surface area contributed by atoms with Gasteiger partial charge in [-0.2, -0.15) is 5.10 Å². The Kier molecular flexibility index (Phi) is 3.99. The summed E-state index contributed by atoms with van der Waals surface area (Å²) in [6, 6.07) is 0. The van der Waals surface area contributed by atoms with E-state index in [0.717, 1.165) is 26.7 Å². The maximum Gasteiger partial charge on any atom is 0.174 e. The van der Waals surface area contributed by atoms with E-state index >= 15 is 0 Å². The Balaban J connectivity index is 2.12. The van der Waals surface area contributed by atoms with Crippen molar-refractivity contribution in [3.8, 4) is 0 Å². The molecule has 2 aromatic heterocycles. The van der Waals surface area contributed by atoms with Crippen molar-refractivity contribution >= 4 is 39.0 Å². The van der Waals surface area contributed by atoms with Crippen molar-refractivity contribution in [3.05, 3.63) is 21.4 Å². The van der Waals surface area contributed by atoms with E-state index in [1.165, 1.54) is 5.69 Å². The van der Waals surface area contributed by atoms with Crippen molar-refractivity contribution < 1.29 is 0 Å². The molecule has 4 nitrogen and oxygen atoms in total. The van der Waals surface area contributed by atoms with Crippen LogP contribution in [0.1, 0.15) is 18.3 Å². The van der Waals surface area contributed by atoms with Crippen LogP contribution in [-0.2, 0) is 19.2 Å². The Bertz CT molecular complexity index is 466. The van der Waals surface area contributed by atoms with E-state index in [9.17, 15) is 0 Å². The lowest BCUT2D eigenvalue weighted by Gasteiger charge is -2.00. The molecule has 0 fully saturated rings. The molecule has 0 aromatic carbocycles. The van der Waals surface area contributed by atoms with E-state index in [1.807, 2.05) is 11.7 Å². The maximum atomic E-state index is 4.45. The van der Waals surface area contributed by atoms with Crippen LogP contribution in [0, 0.1) is 0 Å². The second kappa shape index (κ2) is 5.29. The fourth-order valence-electron chi connectivity index (χ4n) is 1.33. The van der Waals surface area contributed by atoms with Crippen molar-refractivity contribution in [1.29, 1.82) is 0 Å². The van der Waals surface area contributed by atoms with Crippen LogP contribution in [0.15, 0.2) is 14.3 Å². The van der Waals surface area contributed by atoms with E-state index < -0.39 is 0 Å². The third-order valence-electron chi connectivity index (χ3n) is 2.18. The van der Waals surface area contributed by atoms with Crippen LogP contribution in [0.2, 0.25) is 0 Å². The predicted octanol–water partition coefficient (Wildman–Crippen LogP) is 2.89. The van der Waals surface area contributed by atoms with Crippen LogP contribution in [0.5, 0.6) is 0 Å². The molecule has 2 rings (SSSR count). The van der Waals surface area contributed by atoms with Gasteiger partial charge in [-0.3, -0.25) is 4.68 Å². The lowest BCUT2D eigenvalue weighted by Crippen LogP contribution is -1.96. The SMILES string of the molecule is CCc1nn(C)c(CSc2nncs2)c1Br. The number of nitrogens with zero attached hydrogens (tertiary/aromatic N) is 4. The molecule has 7 heteroatoms. The van der Waals surface area contributed by atoms with E-state index in [2.05, 4.69) is 38.1 Å². The molecule has 0 aliphatic heterocycles. The summed E-state index contributed by atoms with van der Waals surface area (Å²) in [6.45, 7) is 2.11. The van der Waals surface area contributed by atoms with Crippen molar-refractivity contribution in [2.75, 3.05) is 0 Å². The van der Waals surface area contributed by atoms with Gasteiger partial charge in [0, 0.05) is 12.8 Å². The molecule has 0 unspecified atom stereocenters. The standard InChI is InChI=1S/C9H11BrN4S2/c1-3-6-8(10)7(14(2)13-6)4-15-9-12-11-5-16-9/h5H,3-4H2,1-2H3. The lowest BCUT2D eigenvalue weighted by atomic mass is 10.3. The highest BCUT2D eigenvalue weighted by molar-refractivity contribution is 9.10. The summed E-state index contributed by atoms with van der Waals surface area (Å²) >= 11 is 6.85. The zero-order chi connectivity index (χ0) is 11.5. The molecule has 0 spiro atoms. The molecule has 0 atom stereocenters. The number of halogens is 1. The highest BCUT2D eigenvalue weighted by atomic mass is 79.9. The average molecular weight is 319 g/mol. The first-order valence-electron chi connectivity index (χ1n) is 4.81. The van der Waals surface area contributed by atoms with Gasteiger partial charge in [0.25, 0.3) is 0 Å². The zero-order valence-electron chi connectivity index (χ0n) is 8.97. The number of aryl methyl sites for hydroxylation is 2. The Morgan fingerprint density at radius 2 is 2.38 bits per heavy atom. The van der Waals surface area contributed by atoms with Crippen molar-refractivity contribution in [3.63, 3.8) is 0 Å². The summed E-state index contributed by atoms with van der Waals surface area (Å²) in [5, 5.41) is 12.3. The molecule has 0 aliphatic carbocycles. The molecule has 0 saturated carbocycles. The average Bonchev–Trinajstić information content (AvgIpc) is 2.86. The van der Waals surface area contributed by atoms with E-state index in [0.29, 0.717) is 0 Å². The zero-order valence-corrected chi connectivity index (χ0v) is 12.2. The molecular formula is C9H11BrN4S2. The second-order valence-corrected chi connectivity index (χ2v) is 6.03. The van der Waals surface area contributed by atoms with Gasteiger partial charge in [-0.1, -0.05) is 30.0 Å². The molecule has 86 valence electrons. The molecule has 0 bridgehead atoms. The first-order chi connectivity index (χ1) is 7.72. The fraction of sp³-hybridized carbons (Fsp3) is 0.444. The summed E-state index contributed by atoms with van der Waals surface area (Å²) in [7, 11) is 1.97. The van der Waals surface area contributed by atoms with Crippen molar-refractivity contribution in [2.24, 2.45) is 7.05 Å². The topological polar surface area (TPSA) is 43.6 Å². The van der Waals surface area contributed by atoms with Gasteiger partial charge >= 0.3 is 0 Å². The molecule has 2 aromatic rings. The summed E-state index contributed by atoms with van der Waals surface area (Å²) in [6.07, 6.45) is 0.942. The number of thioether (sulfide) groups is 1. The highest BCUT2D eigenvalue weighted by Gasteiger charge is 2.13. The van der Waals surface area contributed by atoms with Crippen LogP contribution in [0.3, 0.4) is 0 Å². The third kappa shape index (κ3) is 2.46. The maximum absolute atomic E-state index is 4.45. The number of hydrogen-bond acceptors (Lipinski definition) is 5. The van der Waals surface area contributed by atoms with Gasteiger partial charge in [-0.25, -0.2) is 0 Å². The van der Waals surface area contributed by atoms with Crippen molar-refractivity contribution in [1.82, 2.24) is 20.0 Å². The molecule has 0 amide bonds. The minimum absolute atomic E-state index is 0.860. The largest absolute Gasteiger partial charge is 0.270 e. The van der Waals surface area contributed by atoms with E-state index in [4.69, 9.17) is 0 Å². The Labute approximate surface area is 111 Å². The van der Waals surface area contributed by atoms with E-state index in [1.54, 1.807) is 28.6 Å². The molecular weight excluding hydrogens is 308 g/mol. The fourth-order valence-corrected chi connectivity index (χ4v) is 3.83. The number of rotatable bonds is 4. The normalized spacial score (nSPS) is 10.9. The number of hydrogen-bond donors (Lipinski definition) is 0. The molecule has 0 N–H and O–H groups in total. The molecule has 16 heavy (non-hydrogen) atoms. The smallest absolute Gasteiger partial charge is 0.174 e. The van der Waals surface area contributed by atoms with Crippen LogP contribution < -0.4 is 0 Å². The van der Waals surface area contributed by atoms with Gasteiger partial charge in [-0.05, 0) is 22.4 Å². The highest BCUT2D eigenvalue weighted by Crippen LogP contribution is 2.29. The van der Waals surface area contributed by atoms with Crippen LogP contribution in [0.4, 0.5) is 0 Å². The van der Waals surface area contributed by atoms with Crippen molar-refractivity contribution in [2.45, 2.75) is 23.4 Å². The Morgan fingerprint density at radius 3 is 2.94 bits per heavy atom. The Morgan fingerprint density at radius 1 is 1.56 bits per heavy atom. The second-order valence-electron chi connectivity index (χ2n) is 3.18. The third-order valence-corrected chi connectivity index (χ3v) is 4.96. The first-order valence-corrected chi connectivity index (χ1v) is 7.47. The monoisotopic (exact) mass is 318 g/mol. The quantitative estimate of drug-likeness (QED) is 0.813. The summed E-state index contributed by atoms with van der Waals surface area (Å²) in [5.41, 5.74) is 4.05. The van der Waals surface area contributed by atoms with Gasteiger partial charge in [0.1, 0.15) is 5.51 Å². The van der Waals surface area contributed by atoms with Gasteiger partial charge in [0.2, 0.25) is 0 Å². The molecule has 0 aliphatic rings.